The fourth-order valence-corrected chi connectivity index (χ4v) is 3.95. The maximum absolute atomic E-state index is 14.7. The minimum Gasteiger partial charge on any atom is -0.399 e. The van der Waals surface area contributed by atoms with Crippen LogP contribution in [0.3, 0.4) is 0 Å². The number of rotatable bonds is 5. The van der Waals surface area contributed by atoms with E-state index in [1.165, 1.54) is 11.6 Å². The van der Waals surface area contributed by atoms with Gasteiger partial charge < -0.3 is 14.6 Å². The van der Waals surface area contributed by atoms with Crippen molar-refractivity contribution in [3.05, 3.63) is 65.0 Å². The van der Waals surface area contributed by atoms with Crippen molar-refractivity contribution in [1.82, 2.24) is 10.2 Å². The van der Waals surface area contributed by atoms with Gasteiger partial charge in [-0.05, 0) is 63.3 Å². The molecule has 2 aliphatic rings. The second-order valence-electron chi connectivity index (χ2n) is 9.61. The van der Waals surface area contributed by atoms with Crippen LogP contribution in [-0.2, 0) is 15.9 Å². The van der Waals surface area contributed by atoms with Crippen LogP contribution in [0.5, 0.6) is 0 Å². The molecule has 1 N–H and O–H groups in total. The number of nitrogens with one attached hydrogen (secondary N) is 1. The van der Waals surface area contributed by atoms with Gasteiger partial charge in [0.1, 0.15) is 5.82 Å². The van der Waals surface area contributed by atoms with Crippen molar-refractivity contribution in [3.63, 3.8) is 0 Å². The Kier molecular flexibility index (Phi) is 5.71. The van der Waals surface area contributed by atoms with Crippen LogP contribution in [0.1, 0.15) is 49.2 Å². The van der Waals surface area contributed by atoms with Crippen molar-refractivity contribution in [3.8, 4) is 0 Å². The second kappa shape index (κ2) is 8.04. The second-order valence-corrected chi connectivity index (χ2v) is 9.61. The fourth-order valence-electron chi connectivity index (χ4n) is 3.95. The van der Waals surface area contributed by atoms with Crippen LogP contribution in [0, 0.1) is 12.7 Å². The van der Waals surface area contributed by atoms with Gasteiger partial charge in [0.25, 0.3) is 5.91 Å². The number of carbonyl (C=O) groups excluding carboxylic acids is 1. The summed E-state index contributed by atoms with van der Waals surface area (Å²) in [5, 5.41) is 3.02. The Morgan fingerprint density at radius 3 is 2.35 bits per heavy atom. The highest BCUT2D eigenvalue weighted by atomic mass is 19.1. The Bertz CT molecular complexity index is 958. The van der Waals surface area contributed by atoms with E-state index < -0.39 is 24.1 Å². The average molecular weight is 424 g/mol. The zero-order valence-electron chi connectivity index (χ0n) is 18.9. The number of amides is 1. The standard InChI is InChI=1S/C24H30BFN2O3/c1-16-20(25-30-23(2,3)24(4,5)31-25)11-18(12-21(16)26)22(29)27-19-14-28(15-19)13-17-9-7-6-8-10-17/h6-12,19H,13-15H2,1-5H3,(H,27,29). The summed E-state index contributed by atoms with van der Waals surface area (Å²) in [6, 6.07) is 13.3. The molecule has 7 heteroatoms. The third kappa shape index (κ3) is 4.40. The van der Waals surface area contributed by atoms with E-state index in [0.717, 1.165) is 19.6 Å². The SMILES string of the molecule is Cc1c(F)cc(C(=O)NC2CN(Cc3ccccc3)C2)cc1B1OC(C)(C)C(C)(C)O1. The highest BCUT2D eigenvalue weighted by Gasteiger charge is 2.52. The molecule has 0 aromatic heterocycles. The molecule has 0 bridgehead atoms. The van der Waals surface area contributed by atoms with Gasteiger partial charge in [-0.15, -0.1) is 0 Å². The fraction of sp³-hybridized carbons (Fsp3) is 0.458. The van der Waals surface area contributed by atoms with E-state index in [1.54, 1.807) is 13.0 Å². The molecule has 4 rings (SSSR count). The van der Waals surface area contributed by atoms with E-state index >= 15 is 0 Å². The molecular formula is C24H30BFN2O3. The highest BCUT2D eigenvalue weighted by molar-refractivity contribution is 6.62. The maximum atomic E-state index is 14.7. The molecular weight excluding hydrogens is 394 g/mol. The van der Waals surface area contributed by atoms with Crippen molar-refractivity contribution < 1.29 is 18.5 Å². The Labute approximate surface area is 184 Å². The van der Waals surface area contributed by atoms with E-state index in [0.29, 0.717) is 11.0 Å². The van der Waals surface area contributed by atoms with E-state index in [2.05, 4.69) is 22.3 Å². The molecule has 5 nitrogen and oxygen atoms in total. The van der Waals surface area contributed by atoms with Crippen LogP contribution in [0.25, 0.3) is 0 Å². The van der Waals surface area contributed by atoms with E-state index in [9.17, 15) is 9.18 Å². The molecule has 0 radical (unpaired) electrons. The lowest BCUT2D eigenvalue weighted by atomic mass is 9.75. The highest BCUT2D eigenvalue weighted by Crippen LogP contribution is 2.36. The molecule has 2 aromatic carbocycles. The molecule has 1 amide bonds. The number of hydrogen-bond donors (Lipinski definition) is 1. The first-order valence-corrected chi connectivity index (χ1v) is 10.8. The van der Waals surface area contributed by atoms with Crippen molar-refractivity contribution in [2.24, 2.45) is 0 Å². The summed E-state index contributed by atoms with van der Waals surface area (Å²) in [6.07, 6.45) is 0. The van der Waals surface area contributed by atoms with Crippen molar-refractivity contribution in [2.75, 3.05) is 13.1 Å². The summed E-state index contributed by atoms with van der Waals surface area (Å²) in [5.74, 6) is -0.710. The van der Waals surface area contributed by atoms with Crippen molar-refractivity contribution in [1.29, 1.82) is 0 Å². The van der Waals surface area contributed by atoms with E-state index in [1.807, 2.05) is 45.9 Å². The number of hydrogen-bond acceptors (Lipinski definition) is 4. The number of nitrogens with zero attached hydrogens (tertiary/aromatic N) is 1. The van der Waals surface area contributed by atoms with Gasteiger partial charge in [0, 0.05) is 25.2 Å². The molecule has 164 valence electrons. The summed E-state index contributed by atoms with van der Waals surface area (Å²) < 4.78 is 26.8. The predicted molar refractivity (Wildman–Crippen MR) is 120 cm³/mol. The Hall–Kier alpha value is -2.22. The van der Waals surface area contributed by atoms with Crippen LogP contribution in [-0.4, -0.2) is 48.3 Å². The number of halogens is 1. The van der Waals surface area contributed by atoms with Gasteiger partial charge in [0.05, 0.1) is 17.2 Å². The molecule has 0 unspecified atom stereocenters. The summed E-state index contributed by atoms with van der Waals surface area (Å²) >= 11 is 0. The van der Waals surface area contributed by atoms with Crippen molar-refractivity contribution >= 4 is 18.5 Å². The minimum atomic E-state index is -0.711. The topological polar surface area (TPSA) is 50.8 Å². The first kappa shape index (κ1) is 22.0. The summed E-state index contributed by atoms with van der Waals surface area (Å²) in [6.45, 7) is 11.9. The Morgan fingerprint density at radius 2 is 1.74 bits per heavy atom. The number of likely N-dealkylation sites (tertiary alicyclic amines) is 1. The largest absolute Gasteiger partial charge is 0.495 e. The maximum Gasteiger partial charge on any atom is 0.495 e. The summed E-state index contributed by atoms with van der Waals surface area (Å²) in [5.41, 5.74) is 1.46. The van der Waals surface area contributed by atoms with Crippen LogP contribution in [0.2, 0.25) is 0 Å². The van der Waals surface area contributed by atoms with Crippen LogP contribution >= 0.6 is 0 Å². The third-order valence-electron chi connectivity index (χ3n) is 6.70. The van der Waals surface area contributed by atoms with Gasteiger partial charge in [-0.2, -0.15) is 0 Å². The first-order valence-electron chi connectivity index (χ1n) is 10.8. The summed E-state index contributed by atoms with van der Waals surface area (Å²) in [4.78, 5) is 15.1. The van der Waals surface area contributed by atoms with Gasteiger partial charge in [0.2, 0.25) is 0 Å². The molecule has 2 saturated heterocycles. The average Bonchev–Trinajstić information content (AvgIpc) is 2.89. The molecule has 2 fully saturated rings. The van der Waals surface area contributed by atoms with E-state index in [-0.39, 0.29) is 17.5 Å². The molecule has 0 atom stereocenters. The molecule has 2 aromatic rings. The first-order chi connectivity index (χ1) is 14.6. The third-order valence-corrected chi connectivity index (χ3v) is 6.70. The normalized spacial score (nSPS) is 20.5. The molecule has 0 spiro atoms. The lowest BCUT2D eigenvalue weighted by Crippen LogP contribution is -2.58. The summed E-state index contributed by atoms with van der Waals surface area (Å²) in [7, 11) is -0.711. The number of benzene rings is 2. The van der Waals surface area contributed by atoms with Gasteiger partial charge in [-0.25, -0.2) is 4.39 Å². The van der Waals surface area contributed by atoms with Gasteiger partial charge in [-0.1, -0.05) is 30.3 Å². The lowest BCUT2D eigenvalue weighted by Gasteiger charge is -2.39. The minimum absolute atomic E-state index is 0.0564. The van der Waals surface area contributed by atoms with Gasteiger partial charge >= 0.3 is 7.12 Å². The van der Waals surface area contributed by atoms with Crippen LogP contribution < -0.4 is 10.8 Å². The lowest BCUT2D eigenvalue weighted by molar-refractivity contribution is 0.00578. The predicted octanol–water partition coefficient (Wildman–Crippen LogP) is 3.05. The zero-order chi connectivity index (χ0) is 22.4. The van der Waals surface area contributed by atoms with Gasteiger partial charge in [-0.3, -0.25) is 9.69 Å². The smallest absolute Gasteiger partial charge is 0.399 e. The van der Waals surface area contributed by atoms with Gasteiger partial charge in [0.15, 0.2) is 0 Å². The van der Waals surface area contributed by atoms with Crippen LogP contribution in [0.15, 0.2) is 42.5 Å². The molecule has 0 aliphatic carbocycles. The van der Waals surface area contributed by atoms with Crippen LogP contribution in [0.4, 0.5) is 4.39 Å². The zero-order valence-corrected chi connectivity index (χ0v) is 18.9. The molecule has 31 heavy (non-hydrogen) atoms. The molecule has 2 heterocycles. The molecule has 0 saturated carbocycles. The Morgan fingerprint density at radius 1 is 1.13 bits per heavy atom. The number of carbonyl (C=O) groups is 1. The molecule has 2 aliphatic heterocycles. The van der Waals surface area contributed by atoms with E-state index in [4.69, 9.17) is 9.31 Å². The monoisotopic (exact) mass is 424 g/mol. The quantitative estimate of drug-likeness (QED) is 0.750. The van der Waals surface area contributed by atoms with Crippen molar-refractivity contribution in [2.45, 2.75) is 58.4 Å². The Balaban J connectivity index is 1.41.